The van der Waals surface area contributed by atoms with Crippen molar-refractivity contribution >= 4 is 11.6 Å². The molecule has 0 saturated heterocycles. The van der Waals surface area contributed by atoms with Crippen molar-refractivity contribution in [2.45, 2.75) is 12.5 Å². The van der Waals surface area contributed by atoms with Crippen molar-refractivity contribution in [3.63, 3.8) is 0 Å². The highest BCUT2D eigenvalue weighted by atomic mass is 19.1. The van der Waals surface area contributed by atoms with E-state index in [1.165, 1.54) is 12.1 Å². The van der Waals surface area contributed by atoms with Crippen LogP contribution in [0.5, 0.6) is 11.5 Å². The number of hydrogen-bond donors (Lipinski definition) is 1. The summed E-state index contributed by atoms with van der Waals surface area (Å²) in [6, 6.07) is 15.1. The van der Waals surface area contributed by atoms with E-state index in [4.69, 9.17) is 9.47 Å². The number of rotatable bonds is 5. The zero-order valence-corrected chi connectivity index (χ0v) is 14.6. The molecule has 1 atom stereocenters. The molecule has 0 unspecified atom stereocenters. The SMILES string of the molecule is O=C(C[C@H](c1cccc(F)c1)n1cccc1)Nc1ccc2c(c1)OCCO2. The lowest BCUT2D eigenvalue weighted by atomic mass is 10.0. The Morgan fingerprint density at radius 3 is 2.59 bits per heavy atom. The van der Waals surface area contributed by atoms with Gasteiger partial charge in [-0.2, -0.15) is 0 Å². The summed E-state index contributed by atoms with van der Waals surface area (Å²) in [5, 5.41) is 2.89. The van der Waals surface area contributed by atoms with Crippen molar-refractivity contribution < 1.29 is 18.7 Å². The molecule has 0 radical (unpaired) electrons. The third kappa shape index (κ3) is 3.95. The number of benzene rings is 2. The van der Waals surface area contributed by atoms with E-state index in [0.717, 1.165) is 5.56 Å². The number of ether oxygens (including phenoxy) is 2. The number of aromatic nitrogens is 1. The minimum Gasteiger partial charge on any atom is -0.486 e. The van der Waals surface area contributed by atoms with E-state index >= 15 is 0 Å². The molecule has 5 nitrogen and oxygen atoms in total. The average molecular weight is 366 g/mol. The molecule has 1 amide bonds. The Morgan fingerprint density at radius 2 is 1.81 bits per heavy atom. The summed E-state index contributed by atoms with van der Waals surface area (Å²) >= 11 is 0. The summed E-state index contributed by atoms with van der Waals surface area (Å²) in [6.07, 6.45) is 3.91. The predicted octanol–water partition coefficient (Wildman–Crippen LogP) is 4.02. The Morgan fingerprint density at radius 1 is 1.04 bits per heavy atom. The fourth-order valence-corrected chi connectivity index (χ4v) is 3.17. The highest BCUT2D eigenvalue weighted by Gasteiger charge is 2.19. The minimum atomic E-state index is -0.322. The van der Waals surface area contributed by atoms with Crippen LogP contribution >= 0.6 is 0 Å². The molecule has 0 fully saturated rings. The summed E-state index contributed by atoms with van der Waals surface area (Å²) in [4.78, 5) is 12.7. The van der Waals surface area contributed by atoms with E-state index in [0.29, 0.717) is 30.4 Å². The quantitative estimate of drug-likeness (QED) is 0.742. The molecule has 4 rings (SSSR count). The summed E-state index contributed by atoms with van der Waals surface area (Å²) < 4.78 is 26.6. The third-order valence-electron chi connectivity index (χ3n) is 4.43. The zero-order valence-electron chi connectivity index (χ0n) is 14.6. The van der Waals surface area contributed by atoms with Crippen LogP contribution in [0, 0.1) is 5.82 Å². The van der Waals surface area contributed by atoms with Crippen LogP contribution in [-0.4, -0.2) is 23.7 Å². The number of carbonyl (C=O) groups is 1. The molecule has 0 bridgehead atoms. The molecule has 138 valence electrons. The van der Waals surface area contributed by atoms with Crippen molar-refractivity contribution in [3.05, 3.63) is 78.4 Å². The first-order valence-corrected chi connectivity index (χ1v) is 8.76. The van der Waals surface area contributed by atoms with E-state index in [9.17, 15) is 9.18 Å². The van der Waals surface area contributed by atoms with Crippen LogP contribution in [0.3, 0.4) is 0 Å². The maximum Gasteiger partial charge on any atom is 0.226 e. The van der Waals surface area contributed by atoms with Gasteiger partial charge in [0.25, 0.3) is 0 Å². The lowest BCUT2D eigenvalue weighted by molar-refractivity contribution is -0.116. The predicted molar refractivity (Wildman–Crippen MR) is 99.6 cm³/mol. The van der Waals surface area contributed by atoms with Gasteiger partial charge in [-0.05, 0) is 42.0 Å². The highest BCUT2D eigenvalue weighted by molar-refractivity contribution is 5.91. The number of carbonyl (C=O) groups excluding carboxylic acids is 1. The highest BCUT2D eigenvalue weighted by Crippen LogP contribution is 2.33. The van der Waals surface area contributed by atoms with Crippen LogP contribution in [0.1, 0.15) is 18.0 Å². The number of nitrogens with zero attached hydrogens (tertiary/aromatic N) is 1. The van der Waals surface area contributed by atoms with Crippen molar-refractivity contribution in [1.82, 2.24) is 4.57 Å². The van der Waals surface area contributed by atoms with E-state index in [1.807, 2.05) is 35.2 Å². The first-order valence-electron chi connectivity index (χ1n) is 8.76. The molecule has 6 heteroatoms. The molecule has 1 aromatic heterocycles. The molecule has 2 aromatic carbocycles. The molecule has 1 aliphatic rings. The van der Waals surface area contributed by atoms with Gasteiger partial charge >= 0.3 is 0 Å². The Labute approximate surface area is 156 Å². The standard InChI is InChI=1S/C21H19FN2O3/c22-16-5-3-4-15(12-16)18(24-8-1-2-9-24)14-21(25)23-17-6-7-19-20(13-17)27-11-10-26-19/h1-9,12-13,18H,10-11,14H2,(H,23,25)/t18-/m1/s1. The van der Waals surface area contributed by atoms with Gasteiger partial charge in [-0.15, -0.1) is 0 Å². The van der Waals surface area contributed by atoms with Crippen LogP contribution in [0.2, 0.25) is 0 Å². The fourth-order valence-electron chi connectivity index (χ4n) is 3.17. The normalized spacial score (nSPS) is 13.8. The number of halogens is 1. The molecule has 3 aromatic rings. The van der Waals surface area contributed by atoms with Gasteiger partial charge in [0.05, 0.1) is 12.5 Å². The Hall–Kier alpha value is -3.28. The van der Waals surface area contributed by atoms with Crippen LogP contribution in [-0.2, 0) is 4.79 Å². The van der Waals surface area contributed by atoms with Gasteiger partial charge in [-0.3, -0.25) is 4.79 Å². The third-order valence-corrected chi connectivity index (χ3v) is 4.43. The monoisotopic (exact) mass is 366 g/mol. The van der Waals surface area contributed by atoms with E-state index in [2.05, 4.69) is 5.32 Å². The Bertz CT molecular complexity index is 940. The Kier molecular flexibility index (Phi) is 4.78. The molecule has 1 N–H and O–H groups in total. The lowest BCUT2D eigenvalue weighted by Crippen LogP contribution is -2.20. The van der Waals surface area contributed by atoms with Gasteiger partial charge in [0, 0.05) is 24.1 Å². The molecule has 0 aliphatic carbocycles. The number of fused-ring (bicyclic) bond motifs is 1. The maximum absolute atomic E-state index is 13.7. The first-order chi connectivity index (χ1) is 13.2. The lowest BCUT2D eigenvalue weighted by Gasteiger charge is -2.21. The fraction of sp³-hybridized carbons (Fsp3) is 0.190. The molecule has 1 aliphatic heterocycles. The van der Waals surface area contributed by atoms with Crippen molar-refractivity contribution in [1.29, 1.82) is 0 Å². The second kappa shape index (κ2) is 7.53. The van der Waals surface area contributed by atoms with Crippen molar-refractivity contribution in [3.8, 4) is 11.5 Å². The number of hydrogen-bond acceptors (Lipinski definition) is 3. The van der Waals surface area contributed by atoms with E-state index in [-0.39, 0.29) is 24.2 Å². The van der Waals surface area contributed by atoms with Crippen LogP contribution in [0.15, 0.2) is 67.0 Å². The maximum atomic E-state index is 13.7. The van der Waals surface area contributed by atoms with Crippen LogP contribution < -0.4 is 14.8 Å². The molecular weight excluding hydrogens is 347 g/mol. The van der Waals surface area contributed by atoms with Gasteiger partial charge in [-0.1, -0.05) is 12.1 Å². The largest absolute Gasteiger partial charge is 0.486 e. The van der Waals surface area contributed by atoms with Gasteiger partial charge in [0.15, 0.2) is 11.5 Å². The van der Waals surface area contributed by atoms with E-state index < -0.39 is 0 Å². The second-order valence-electron chi connectivity index (χ2n) is 6.31. The topological polar surface area (TPSA) is 52.5 Å². The molecule has 0 spiro atoms. The van der Waals surface area contributed by atoms with Crippen LogP contribution in [0.4, 0.5) is 10.1 Å². The summed E-state index contributed by atoms with van der Waals surface area (Å²) in [5.41, 5.74) is 1.37. The molecule has 27 heavy (non-hydrogen) atoms. The van der Waals surface area contributed by atoms with Gasteiger partial charge < -0.3 is 19.4 Å². The number of amides is 1. The smallest absolute Gasteiger partial charge is 0.226 e. The zero-order chi connectivity index (χ0) is 18.6. The van der Waals surface area contributed by atoms with Crippen LogP contribution in [0.25, 0.3) is 0 Å². The second-order valence-corrected chi connectivity index (χ2v) is 6.31. The number of nitrogens with one attached hydrogen (secondary N) is 1. The van der Waals surface area contributed by atoms with Crippen molar-refractivity contribution in [2.24, 2.45) is 0 Å². The molecular formula is C21H19FN2O3. The summed E-state index contributed by atoms with van der Waals surface area (Å²) in [5.74, 6) is 0.793. The van der Waals surface area contributed by atoms with Gasteiger partial charge in [0.2, 0.25) is 5.91 Å². The molecule has 0 saturated carbocycles. The number of anilines is 1. The van der Waals surface area contributed by atoms with E-state index in [1.54, 1.807) is 24.3 Å². The summed E-state index contributed by atoms with van der Waals surface area (Å²) in [6.45, 7) is 1.00. The van der Waals surface area contributed by atoms with Gasteiger partial charge in [0.1, 0.15) is 19.0 Å². The summed E-state index contributed by atoms with van der Waals surface area (Å²) in [7, 11) is 0. The van der Waals surface area contributed by atoms with Gasteiger partial charge in [-0.25, -0.2) is 4.39 Å². The Balaban J connectivity index is 1.52. The minimum absolute atomic E-state index is 0.172. The first kappa shape index (κ1) is 17.1. The molecule has 2 heterocycles. The van der Waals surface area contributed by atoms with Crippen molar-refractivity contribution in [2.75, 3.05) is 18.5 Å². The average Bonchev–Trinajstić information content (AvgIpc) is 3.20.